The van der Waals surface area contributed by atoms with Crippen LogP contribution in [0.4, 0.5) is 4.39 Å². The molecule has 0 aliphatic rings. The standard InChI is InChI=1S/C13H20FNO2/c1-4-17-8-7-15(3)10(2)12-9-11(14)5-6-13(12)16/h5-6,9-10,16H,4,7-8H2,1-3H3. The summed E-state index contributed by atoms with van der Waals surface area (Å²) in [5, 5.41) is 9.70. The molecule has 1 N–H and O–H groups in total. The summed E-state index contributed by atoms with van der Waals surface area (Å²) in [7, 11) is 1.92. The zero-order valence-electron chi connectivity index (χ0n) is 10.6. The zero-order chi connectivity index (χ0) is 12.8. The van der Waals surface area contributed by atoms with Gasteiger partial charge in [-0.15, -0.1) is 0 Å². The maximum Gasteiger partial charge on any atom is 0.123 e. The third kappa shape index (κ3) is 3.98. The van der Waals surface area contributed by atoms with Gasteiger partial charge < -0.3 is 9.84 Å². The number of phenolic OH excluding ortho intramolecular Hbond substituents is 1. The predicted molar refractivity (Wildman–Crippen MR) is 65.6 cm³/mol. The van der Waals surface area contributed by atoms with Crippen LogP contribution in [0.15, 0.2) is 18.2 Å². The van der Waals surface area contributed by atoms with E-state index in [9.17, 15) is 9.50 Å². The van der Waals surface area contributed by atoms with E-state index in [0.717, 1.165) is 6.54 Å². The second-order valence-corrected chi connectivity index (χ2v) is 4.06. The van der Waals surface area contributed by atoms with Gasteiger partial charge in [0.15, 0.2) is 0 Å². The van der Waals surface area contributed by atoms with Gasteiger partial charge in [-0.2, -0.15) is 0 Å². The molecular weight excluding hydrogens is 221 g/mol. The summed E-state index contributed by atoms with van der Waals surface area (Å²) in [6, 6.07) is 3.96. The monoisotopic (exact) mass is 241 g/mol. The Kier molecular flexibility index (Phi) is 5.38. The molecule has 0 heterocycles. The van der Waals surface area contributed by atoms with Crippen LogP contribution in [-0.4, -0.2) is 36.8 Å². The van der Waals surface area contributed by atoms with E-state index in [1.54, 1.807) is 0 Å². The van der Waals surface area contributed by atoms with Crippen molar-refractivity contribution in [2.24, 2.45) is 0 Å². The molecule has 1 rings (SSSR count). The Morgan fingerprint density at radius 3 is 2.82 bits per heavy atom. The Morgan fingerprint density at radius 1 is 1.47 bits per heavy atom. The predicted octanol–water partition coefficient (Wildman–Crippen LogP) is 2.56. The van der Waals surface area contributed by atoms with Crippen molar-refractivity contribution in [1.29, 1.82) is 0 Å². The molecule has 0 saturated carbocycles. The molecule has 0 aliphatic carbocycles. The van der Waals surface area contributed by atoms with Crippen LogP contribution in [-0.2, 0) is 4.74 Å². The van der Waals surface area contributed by atoms with Gasteiger partial charge in [-0.3, -0.25) is 4.90 Å². The third-order valence-electron chi connectivity index (χ3n) is 2.89. The van der Waals surface area contributed by atoms with Crippen LogP contribution < -0.4 is 0 Å². The molecule has 1 atom stereocenters. The molecule has 1 unspecified atom stereocenters. The van der Waals surface area contributed by atoms with Gasteiger partial charge in [0, 0.05) is 24.8 Å². The topological polar surface area (TPSA) is 32.7 Å². The summed E-state index contributed by atoms with van der Waals surface area (Å²) in [6.07, 6.45) is 0. The quantitative estimate of drug-likeness (QED) is 0.777. The van der Waals surface area contributed by atoms with Gasteiger partial charge in [0.25, 0.3) is 0 Å². The lowest BCUT2D eigenvalue weighted by Gasteiger charge is -2.25. The molecule has 0 spiro atoms. The van der Waals surface area contributed by atoms with E-state index < -0.39 is 0 Å². The van der Waals surface area contributed by atoms with Gasteiger partial charge in [0.1, 0.15) is 11.6 Å². The first-order valence-electron chi connectivity index (χ1n) is 5.82. The number of halogens is 1. The van der Waals surface area contributed by atoms with Crippen LogP contribution in [0.1, 0.15) is 25.5 Å². The van der Waals surface area contributed by atoms with Gasteiger partial charge in [-0.1, -0.05) is 0 Å². The second-order valence-electron chi connectivity index (χ2n) is 4.06. The summed E-state index contributed by atoms with van der Waals surface area (Å²) >= 11 is 0. The van der Waals surface area contributed by atoms with Crippen LogP contribution in [0, 0.1) is 5.82 Å². The lowest BCUT2D eigenvalue weighted by atomic mass is 10.1. The van der Waals surface area contributed by atoms with E-state index in [0.29, 0.717) is 18.8 Å². The van der Waals surface area contributed by atoms with E-state index in [2.05, 4.69) is 0 Å². The molecule has 0 saturated heterocycles. The fourth-order valence-electron chi connectivity index (χ4n) is 1.64. The highest BCUT2D eigenvalue weighted by molar-refractivity contribution is 5.34. The number of aromatic hydroxyl groups is 1. The fraction of sp³-hybridized carbons (Fsp3) is 0.538. The van der Waals surface area contributed by atoms with Crippen LogP contribution >= 0.6 is 0 Å². The van der Waals surface area contributed by atoms with Crippen molar-refractivity contribution >= 4 is 0 Å². The maximum absolute atomic E-state index is 13.1. The normalized spacial score (nSPS) is 13.0. The number of hydrogen-bond acceptors (Lipinski definition) is 3. The molecule has 0 fully saturated rings. The number of rotatable bonds is 6. The molecule has 96 valence electrons. The minimum Gasteiger partial charge on any atom is -0.508 e. The molecule has 1 aromatic carbocycles. The van der Waals surface area contributed by atoms with Crippen molar-refractivity contribution in [2.45, 2.75) is 19.9 Å². The number of nitrogens with zero attached hydrogens (tertiary/aromatic N) is 1. The van der Waals surface area contributed by atoms with Crippen LogP contribution in [0.3, 0.4) is 0 Å². The molecule has 3 nitrogen and oxygen atoms in total. The summed E-state index contributed by atoms with van der Waals surface area (Å²) in [5.74, 6) is -0.204. The Hall–Kier alpha value is -1.13. The van der Waals surface area contributed by atoms with Crippen LogP contribution in [0.5, 0.6) is 5.75 Å². The Bertz CT molecular complexity index is 357. The summed E-state index contributed by atoms with van der Waals surface area (Å²) in [6.45, 7) is 5.94. The van der Waals surface area contributed by atoms with Crippen LogP contribution in [0.25, 0.3) is 0 Å². The molecule has 17 heavy (non-hydrogen) atoms. The number of likely N-dealkylation sites (N-methyl/N-ethyl adjacent to an activating group) is 1. The number of ether oxygens (including phenoxy) is 1. The Labute approximate surface area is 102 Å². The highest BCUT2D eigenvalue weighted by Gasteiger charge is 2.15. The van der Waals surface area contributed by atoms with Gasteiger partial charge >= 0.3 is 0 Å². The lowest BCUT2D eigenvalue weighted by Crippen LogP contribution is -2.26. The number of phenols is 1. The number of hydrogen-bond donors (Lipinski definition) is 1. The second kappa shape index (κ2) is 6.57. The molecule has 0 radical (unpaired) electrons. The highest BCUT2D eigenvalue weighted by atomic mass is 19.1. The summed E-state index contributed by atoms with van der Waals surface area (Å²) in [4.78, 5) is 2.02. The first kappa shape index (κ1) is 13.9. The van der Waals surface area contributed by atoms with Crippen molar-refractivity contribution in [1.82, 2.24) is 4.90 Å². The highest BCUT2D eigenvalue weighted by Crippen LogP contribution is 2.27. The van der Waals surface area contributed by atoms with Gasteiger partial charge in [-0.25, -0.2) is 4.39 Å². The molecule has 0 amide bonds. The lowest BCUT2D eigenvalue weighted by molar-refractivity contribution is 0.110. The number of benzene rings is 1. The third-order valence-corrected chi connectivity index (χ3v) is 2.89. The minimum absolute atomic E-state index is 0.0499. The van der Waals surface area contributed by atoms with Crippen molar-refractivity contribution in [3.63, 3.8) is 0 Å². The SMILES string of the molecule is CCOCCN(C)C(C)c1cc(F)ccc1O. The van der Waals surface area contributed by atoms with E-state index in [1.165, 1.54) is 18.2 Å². The summed E-state index contributed by atoms with van der Waals surface area (Å²) < 4.78 is 18.4. The van der Waals surface area contributed by atoms with E-state index in [1.807, 2.05) is 25.8 Å². The van der Waals surface area contributed by atoms with Crippen molar-refractivity contribution in [3.05, 3.63) is 29.6 Å². The summed E-state index contributed by atoms with van der Waals surface area (Å²) in [5.41, 5.74) is 0.601. The van der Waals surface area contributed by atoms with Gasteiger partial charge in [0.05, 0.1) is 6.61 Å². The van der Waals surface area contributed by atoms with Crippen LogP contribution in [0.2, 0.25) is 0 Å². The molecular formula is C13H20FNO2. The van der Waals surface area contributed by atoms with Gasteiger partial charge in [0.2, 0.25) is 0 Å². The van der Waals surface area contributed by atoms with Crippen molar-refractivity contribution < 1.29 is 14.2 Å². The maximum atomic E-state index is 13.1. The smallest absolute Gasteiger partial charge is 0.123 e. The molecule has 0 aromatic heterocycles. The molecule has 0 bridgehead atoms. The Morgan fingerprint density at radius 2 is 2.18 bits per heavy atom. The molecule has 1 aromatic rings. The molecule has 4 heteroatoms. The minimum atomic E-state index is -0.331. The van der Waals surface area contributed by atoms with E-state index in [4.69, 9.17) is 4.74 Å². The average Bonchev–Trinajstić information content (AvgIpc) is 2.31. The zero-order valence-corrected chi connectivity index (χ0v) is 10.6. The largest absolute Gasteiger partial charge is 0.508 e. The Balaban J connectivity index is 2.67. The first-order chi connectivity index (χ1) is 8.06. The van der Waals surface area contributed by atoms with E-state index in [-0.39, 0.29) is 17.6 Å². The van der Waals surface area contributed by atoms with Gasteiger partial charge in [-0.05, 0) is 39.1 Å². The van der Waals surface area contributed by atoms with Crippen molar-refractivity contribution in [3.8, 4) is 5.75 Å². The average molecular weight is 241 g/mol. The van der Waals surface area contributed by atoms with Crippen molar-refractivity contribution in [2.75, 3.05) is 26.8 Å². The molecule has 0 aliphatic heterocycles. The fourth-order valence-corrected chi connectivity index (χ4v) is 1.64. The first-order valence-corrected chi connectivity index (χ1v) is 5.82. The van der Waals surface area contributed by atoms with E-state index >= 15 is 0 Å².